The molecular weight excluding hydrogens is 435 g/mol. The normalized spacial score (nSPS) is 12.8. The van der Waals surface area contributed by atoms with E-state index in [2.05, 4.69) is 20.3 Å². The summed E-state index contributed by atoms with van der Waals surface area (Å²) >= 11 is 0. The molecule has 0 saturated carbocycles. The fourth-order valence-electron chi connectivity index (χ4n) is 3.64. The second-order valence-corrected chi connectivity index (χ2v) is 8.24. The van der Waals surface area contributed by atoms with Crippen molar-refractivity contribution in [2.45, 2.75) is 39.2 Å². The van der Waals surface area contributed by atoms with Gasteiger partial charge in [-0.05, 0) is 63.1 Å². The number of nitrogens with one attached hydrogen (secondary N) is 1. The fraction of sp³-hybridized carbons (Fsp3) is 0.308. The molecule has 0 fully saturated rings. The minimum absolute atomic E-state index is 0.185. The third-order valence-corrected chi connectivity index (χ3v) is 5.31. The molecule has 0 aliphatic carbocycles. The van der Waals surface area contributed by atoms with Gasteiger partial charge in [-0.3, -0.25) is 9.79 Å². The molecule has 4 rings (SSSR count). The lowest BCUT2D eigenvalue weighted by molar-refractivity contribution is 0.0953. The number of fused-ring (bicyclic) bond motifs is 1. The number of aliphatic imine (C=N–C) groups is 1. The Balaban J connectivity index is 1.61. The molecule has 8 heteroatoms. The number of ether oxygens (including phenoxy) is 2. The van der Waals surface area contributed by atoms with E-state index in [1.165, 1.54) is 19.2 Å². The van der Waals surface area contributed by atoms with Gasteiger partial charge in [0.1, 0.15) is 17.3 Å². The van der Waals surface area contributed by atoms with Gasteiger partial charge in [0.2, 0.25) is 5.88 Å². The Kier molecular flexibility index (Phi) is 7.15. The molecule has 34 heavy (non-hydrogen) atoms. The van der Waals surface area contributed by atoms with Crippen LogP contribution in [0.25, 0.3) is 22.3 Å². The van der Waals surface area contributed by atoms with E-state index >= 15 is 0 Å². The Morgan fingerprint density at radius 3 is 2.74 bits per heavy atom. The number of hydrogen-bond donors (Lipinski definition) is 1. The maximum atomic E-state index is 14.7. The third kappa shape index (κ3) is 5.39. The van der Waals surface area contributed by atoms with Crippen molar-refractivity contribution in [2.24, 2.45) is 4.99 Å². The zero-order chi connectivity index (χ0) is 24.1. The average molecular weight is 463 g/mol. The molecule has 1 aromatic heterocycles. The molecule has 0 saturated heterocycles. The van der Waals surface area contributed by atoms with E-state index in [0.717, 1.165) is 25.0 Å². The highest BCUT2D eigenvalue weighted by atomic mass is 19.1. The number of amides is 1. The van der Waals surface area contributed by atoms with Gasteiger partial charge in [0.15, 0.2) is 0 Å². The highest BCUT2D eigenvalue weighted by molar-refractivity contribution is 5.97. The SMILES string of the molecule is COc1ccc(F)c(-c2nc3cc(C(=O)NCCCC4=NC=CC4)ccc3nc2OC(C)C)c1. The second-order valence-electron chi connectivity index (χ2n) is 8.24. The van der Waals surface area contributed by atoms with Gasteiger partial charge < -0.3 is 14.8 Å². The van der Waals surface area contributed by atoms with Crippen LogP contribution in [0.1, 0.15) is 43.5 Å². The topological polar surface area (TPSA) is 85.7 Å². The first-order valence-corrected chi connectivity index (χ1v) is 11.3. The summed E-state index contributed by atoms with van der Waals surface area (Å²) in [5.74, 6) is 0.0308. The standard InChI is InChI=1S/C26H27FN4O3/c1-16(2)34-26-24(20-15-19(33-3)9-10-21(20)27)30-23-14-17(8-11-22(23)31-26)25(32)29-13-5-7-18-6-4-12-28-18/h4,8-12,14-16H,5-7,13H2,1-3H3,(H,29,32). The van der Waals surface area contributed by atoms with Gasteiger partial charge in [0.25, 0.3) is 5.91 Å². The highest BCUT2D eigenvalue weighted by Gasteiger charge is 2.19. The van der Waals surface area contributed by atoms with Crippen molar-refractivity contribution in [3.05, 3.63) is 60.1 Å². The van der Waals surface area contributed by atoms with E-state index in [1.807, 2.05) is 26.1 Å². The molecule has 1 aliphatic rings. The van der Waals surface area contributed by atoms with E-state index in [9.17, 15) is 9.18 Å². The molecule has 1 amide bonds. The molecule has 0 unspecified atom stereocenters. The summed E-state index contributed by atoms with van der Waals surface area (Å²) in [5.41, 5.74) is 3.06. The maximum Gasteiger partial charge on any atom is 0.251 e. The molecule has 1 aliphatic heterocycles. The van der Waals surface area contributed by atoms with Gasteiger partial charge in [-0.25, -0.2) is 14.4 Å². The Morgan fingerprint density at radius 1 is 1.15 bits per heavy atom. The van der Waals surface area contributed by atoms with Crippen LogP contribution < -0.4 is 14.8 Å². The maximum absolute atomic E-state index is 14.7. The fourth-order valence-corrected chi connectivity index (χ4v) is 3.64. The van der Waals surface area contributed by atoms with E-state index in [4.69, 9.17) is 9.47 Å². The predicted molar refractivity (Wildman–Crippen MR) is 130 cm³/mol. The first-order valence-electron chi connectivity index (χ1n) is 11.3. The average Bonchev–Trinajstić information content (AvgIpc) is 3.35. The van der Waals surface area contributed by atoms with Crippen molar-refractivity contribution >= 4 is 22.7 Å². The number of allylic oxidation sites excluding steroid dienone is 1. The largest absolute Gasteiger partial charge is 0.497 e. The molecule has 0 bridgehead atoms. The summed E-state index contributed by atoms with van der Waals surface area (Å²) in [4.78, 5) is 26.2. The molecule has 176 valence electrons. The number of nitrogens with zero attached hydrogens (tertiary/aromatic N) is 3. The van der Waals surface area contributed by atoms with E-state index in [-0.39, 0.29) is 29.1 Å². The molecular formula is C26H27FN4O3. The van der Waals surface area contributed by atoms with Crippen LogP contribution in [0.15, 0.2) is 53.7 Å². The van der Waals surface area contributed by atoms with Crippen LogP contribution in [0.4, 0.5) is 4.39 Å². The van der Waals surface area contributed by atoms with Gasteiger partial charge in [-0.15, -0.1) is 0 Å². The van der Waals surface area contributed by atoms with Crippen LogP contribution in [0.2, 0.25) is 0 Å². The van der Waals surface area contributed by atoms with E-state index in [1.54, 1.807) is 24.3 Å². The minimum Gasteiger partial charge on any atom is -0.497 e. The summed E-state index contributed by atoms with van der Waals surface area (Å²) in [7, 11) is 1.51. The van der Waals surface area contributed by atoms with Crippen LogP contribution in [0, 0.1) is 5.82 Å². The van der Waals surface area contributed by atoms with E-state index in [0.29, 0.717) is 28.9 Å². The lowest BCUT2D eigenvalue weighted by atomic mass is 10.1. The number of methoxy groups -OCH3 is 1. The molecule has 2 aromatic carbocycles. The smallest absolute Gasteiger partial charge is 0.251 e. The summed E-state index contributed by atoms with van der Waals surface area (Å²) in [6.45, 7) is 4.27. The number of hydrogen-bond acceptors (Lipinski definition) is 6. The highest BCUT2D eigenvalue weighted by Crippen LogP contribution is 2.33. The van der Waals surface area contributed by atoms with Crippen molar-refractivity contribution in [3.8, 4) is 22.9 Å². The Hall–Kier alpha value is -3.81. The molecule has 7 nitrogen and oxygen atoms in total. The molecule has 0 spiro atoms. The van der Waals surface area contributed by atoms with Crippen LogP contribution in [0.3, 0.4) is 0 Å². The van der Waals surface area contributed by atoms with Crippen LogP contribution in [-0.4, -0.2) is 41.3 Å². The summed E-state index contributed by atoms with van der Waals surface area (Å²) in [6.07, 6.45) is 6.20. The molecule has 3 aromatic rings. The van der Waals surface area contributed by atoms with Gasteiger partial charge in [0, 0.05) is 36.0 Å². The van der Waals surface area contributed by atoms with Gasteiger partial charge in [-0.1, -0.05) is 6.08 Å². The Bertz CT molecular complexity index is 1270. The monoisotopic (exact) mass is 462 g/mol. The lowest BCUT2D eigenvalue weighted by Crippen LogP contribution is -2.24. The van der Waals surface area contributed by atoms with E-state index < -0.39 is 5.82 Å². The molecule has 0 radical (unpaired) electrons. The summed E-state index contributed by atoms with van der Waals surface area (Å²) in [5, 5.41) is 2.93. The summed E-state index contributed by atoms with van der Waals surface area (Å²) < 4.78 is 25.8. The van der Waals surface area contributed by atoms with Gasteiger partial charge in [-0.2, -0.15) is 0 Å². The zero-order valence-corrected chi connectivity index (χ0v) is 19.5. The van der Waals surface area contributed by atoms with Crippen LogP contribution in [-0.2, 0) is 0 Å². The van der Waals surface area contributed by atoms with Crippen LogP contribution >= 0.6 is 0 Å². The molecule has 1 N–H and O–H groups in total. The summed E-state index contributed by atoms with van der Waals surface area (Å²) in [6, 6.07) is 9.48. The Labute approximate surface area is 197 Å². The first-order chi connectivity index (χ1) is 16.4. The lowest BCUT2D eigenvalue weighted by Gasteiger charge is -2.15. The quantitative estimate of drug-likeness (QED) is 0.447. The first kappa shape index (κ1) is 23.4. The van der Waals surface area contributed by atoms with Gasteiger partial charge in [0.05, 0.1) is 24.2 Å². The number of benzene rings is 2. The number of carbonyl (C=O) groups excluding carboxylic acids is 1. The third-order valence-electron chi connectivity index (χ3n) is 5.31. The predicted octanol–water partition coefficient (Wildman–Crippen LogP) is 5.10. The second kappa shape index (κ2) is 10.4. The van der Waals surface area contributed by atoms with Crippen LogP contribution in [0.5, 0.6) is 11.6 Å². The van der Waals surface area contributed by atoms with Crippen molar-refractivity contribution in [3.63, 3.8) is 0 Å². The number of rotatable bonds is 9. The number of carbonyl (C=O) groups is 1. The number of aromatic nitrogens is 2. The molecule has 2 heterocycles. The Morgan fingerprint density at radius 2 is 2.00 bits per heavy atom. The van der Waals surface area contributed by atoms with Crippen molar-refractivity contribution < 1.29 is 18.7 Å². The zero-order valence-electron chi connectivity index (χ0n) is 19.5. The minimum atomic E-state index is -0.473. The van der Waals surface area contributed by atoms with Crippen molar-refractivity contribution in [2.75, 3.05) is 13.7 Å². The van der Waals surface area contributed by atoms with Crippen molar-refractivity contribution in [1.29, 1.82) is 0 Å². The molecule has 0 atom stereocenters. The van der Waals surface area contributed by atoms with Gasteiger partial charge >= 0.3 is 0 Å². The number of halogens is 1. The van der Waals surface area contributed by atoms with Crippen molar-refractivity contribution in [1.82, 2.24) is 15.3 Å².